The van der Waals surface area contributed by atoms with Crippen LogP contribution in [0.3, 0.4) is 0 Å². The van der Waals surface area contributed by atoms with E-state index in [1.165, 1.54) is 0 Å². The number of aryl methyl sites for hydroxylation is 1. The quantitative estimate of drug-likeness (QED) is 0.649. The summed E-state index contributed by atoms with van der Waals surface area (Å²) >= 11 is 0. The molecule has 0 fully saturated rings. The number of aromatic nitrogens is 4. The predicted octanol–water partition coefficient (Wildman–Crippen LogP) is 0.703. The molecule has 0 atom stereocenters. The van der Waals surface area contributed by atoms with Gasteiger partial charge in [-0.3, -0.25) is 0 Å². The third-order valence-corrected chi connectivity index (χ3v) is 1.60. The van der Waals surface area contributed by atoms with Crippen LogP contribution in [0.1, 0.15) is 5.82 Å². The molecular weight excluding hydrogens is 154 g/mol. The van der Waals surface area contributed by atoms with Crippen LogP contribution in [0.2, 0.25) is 0 Å². The number of H-pyrrole nitrogens is 1. The lowest BCUT2D eigenvalue weighted by molar-refractivity contribution is 1.08. The van der Waals surface area contributed by atoms with Gasteiger partial charge in [0, 0.05) is 7.05 Å². The Kier molecular flexibility index (Phi) is 1.43. The van der Waals surface area contributed by atoms with Gasteiger partial charge in [0.15, 0.2) is 5.65 Å². The van der Waals surface area contributed by atoms with Crippen LogP contribution in [-0.2, 0) is 0 Å². The van der Waals surface area contributed by atoms with Crippen LogP contribution in [0, 0.1) is 6.92 Å². The Balaban J connectivity index is 2.67. The van der Waals surface area contributed by atoms with E-state index >= 15 is 0 Å². The van der Waals surface area contributed by atoms with Crippen molar-refractivity contribution in [3.8, 4) is 0 Å². The number of nitrogens with zero attached hydrogens (tertiary/aromatic N) is 3. The molecule has 0 aromatic carbocycles. The number of hydrogen-bond donors (Lipinski definition) is 2. The molecule has 2 N–H and O–H groups in total. The summed E-state index contributed by atoms with van der Waals surface area (Å²) in [5.41, 5.74) is 1.55. The van der Waals surface area contributed by atoms with Crippen molar-refractivity contribution in [1.82, 2.24) is 19.9 Å². The van der Waals surface area contributed by atoms with E-state index in [2.05, 4.69) is 25.3 Å². The molecule has 2 aromatic heterocycles. The zero-order chi connectivity index (χ0) is 8.55. The highest BCUT2D eigenvalue weighted by atomic mass is 15.1. The van der Waals surface area contributed by atoms with Gasteiger partial charge >= 0.3 is 0 Å². The van der Waals surface area contributed by atoms with Gasteiger partial charge in [-0.15, -0.1) is 0 Å². The normalized spacial score (nSPS) is 10.5. The van der Waals surface area contributed by atoms with Crippen molar-refractivity contribution in [2.45, 2.75) is 6.92 Å². The molecule has 0 spiro atoms. The fraction of sp³-hybridized carbons (Fsp3) is 0.286. The van der Waals surface area contributed by atoms with Gasteiger partial charge < -0.3 is 10.3 Å². The van der Waals surface area contributed by atoms with Crippen LogP contribution >= 0.6 is 0 Å². The molecule has 0 radical (unpaired) electrons. The van der Waals surface area contributed by atoms with Gasteiger partial charge in [0.1, 0.15) is 11.3 Å². The summed E-state index contributed by atoms with van der Waals surface area (Å²) in [6, 6.07) is 0. The Hall–Kier alpha value is -1.65. The molecule has 5 nitrogen and oxygen atoms in total. The van der Waals surface area contributed by atoms with Crippen molar-refractivity contribution in [3.05, 3.63) is 12.0 Å². The zero-order valence-electron chi connectivity index (χ0n) is 6.92. The average Bonchev–Trinajstić information content (AvgIpc) is 2.46. The Morgan fingerprint density at radius 2 is 2.25 bits per heavy atom. The first-order valence-corrected chi connectivity index (χ1v) is 3.66. The summed E-state index contributed by atoms with van der Waals surface area (Å²) in [7, 11) is 1.80. The van der Waals surface area contributed by atoms with Gasteiger partial charge in [-0.2, -0.15) is 4.98 Å². The minimum atomic E-state index is 0.701. The number of aromatic amines is 1. The molecule has 0 aliphatic rings. The average molecular weight is 163 g/mol. The SMILES string of the molecule is CNc1nc2nc(C)ncc2[nH]1. The topological polar surface area (TPSA) is 66.5 Å². The van der Waals surface area contributed by atoms with Gasteiger partial charge in [0.25, 0.3) is 0 Å². The van der Waals surface area contributed by atoms with Gasteiger partial charge in [-0.1, -0.05) is 0 Å². The first-order chi connectivity index (χ1) is 5.79. The molecule has 2 aromatic rings. The van der Waals surface area contributed by atoms with Crippen molar-refractivity contribution in [2.24, 2.45) is 0 Å². The van der Waals surface area contributed by atoms with Gasteiger partial charge in [-0.05, 0) is 6.92 Å². The molecule has 0 aliphatic carbocycles. The molecular formula is C7H9N5. The second-order valence-electron chi connectivity index (χ2n) is 2.49. The molecule has 62 valence electrons. The van der Waals surface area contributed by atoms with Gasteiger partial charge in [0.05, 0.1) is 6.20 Å². The number of hydrogen-bond acceptors (Lipinski definition) is 4. The Morgan fingerprint density at radius 1 is 1.42 bits per heavy atom. The standard InChI is InChI=1S/C7H9N5/c1-4-9-3-5-6(10-4)12-7(8-2)11-5/h3H,1-2H3,(H2,8,9,10,11,12). The maximum absolute atomic E-state index is 4.17. The Morgan fingerprint density at radius 3 is 3.00 bits per heavy atom. The largest absolute Gasteiger partial charge is 0.359 e. The summed E-state index contributed by atoms with van der Waals surface area (Å²) in [6.07, 6.45) is 1.73. The lowest BCUT2D eigenvalue weighted by Crippen LogP contribution is -1.88. The summed E-state index contributed by atoms with van der Waals surface area (Å²) in [5, 5.41) is 2.90. The molecule has 0 aliphatic heterocycles. The minimum Gasteiger partial charge on any atom is -0.359 e. The van der Waals surface area contributed by atoms with E-state index in [-0.39, 0.29) is 0 Å². The van der Waals surface area contributed by atoms with Crippen LogP contribution in [0.15, 0.2) is 6.20 Å². The molecule has 5 heteroatoms. The van der Waals surface area contributed by atoms with E-state index in [0.717, 1.165) is 11.3 Å². The Labute approximate surface area is 69.3 Å². The van der Waals surface area contributed by atoms with Crippen LogP contribution in [0.25, 0.3) is 11.2 Å². The molecule has 0 saturated heterocycles. The first kappa shape index (κ1) is 7.02. The smallest absolute Gasteiger partial charge is 0.202 e. The predicted molar refractivity (Wildman–Crippen MR) is 46.0 cm³/mol. The summed E-state index contributed by atoms with van der Waals surface area (Å²) in [6.45, 7) is 1.84. The molecule has 12 heavy (non-hydrogen) atoms. The second kappa shape index (κ2) is 2.44. The summed E-state index contributed by atoms with van der Waals surface area (Å²) < 4.78 is 0. The first-order valence-electron chi connectivity index (χ1n) is 3.66. The van der Waals surface area contributed by atoms with E-state index in [0.29, 0.717) is 11.6 Å². The maximum Gasteiger partial charge on any atom is 0.202 e. The van der Waals surface area contributed by atoms with Crippen LogP contribution in [-0.4, -0.2) is 27.0 Å². The fourth-order valence-electron chi connectivity index (χ4n) is 1.01. The van der Waals surface area contributed by atoms with Crippen LogP contribution in [0.4, 0.5) is 5.95 Å². The molecule has 2 heterocycles. The van der Waals surface area contributed by atoms with Gasteiger partial charge in [0.2, 0.25) is 5.95 Å². The number of anilines is 1. The molecule has 0 amide bonds. The lowest BCUT2D eigenvalue weighted by atomic mass is 10.5. The number of imidazole rings is 1. The number of rotatable bonds is 1. The highest BCUT2D eigenvalue weighted by molar-refractivity contribution is 5.71. The monoisotopic (exact) mass is 163 g/mol. The van der Waals surface area contributed by atoms with E-state index in [4.69, 9.17) is 0 Å². The van der Waals surface area contributed by atoms with Gasteiger partial charge in [-0.25, -0.2) is 9.97 Å². The highest BCUT2D eigenvalue weighted by Crippen LogP contribution is 2.09. The Bertz CT molecular complexity index is 405. The van der Waals surface area contributed by atoms with Crippen molar-refractivity contribution in [2.75, 3.05) is 12.4 Å². The van der Waals surface area contributed by atoms with Crippen molar-refractivity contribution < 1.29 is 0 Å². The van der Waals surface area contributed by atoms with E-state index in [1.807, 2.05) is 6.92 Å². The number of fused-ring (bicyclic) bond motifs is 1. The second-order valence-corrected chi connectivity index (χ2v) is 2.49. The minimum absolute atomic E-state index is 0.701. The van der Waals surface area contributed by atoms with Crippen LogP contribution in [0.5, 0.6) is 0 Å². The lowest BCUT2D eigenvalue weighted by Gasteiger charge is -1.87. The highest BCUT2D eigenvalue weighted by Gasteiger charge is 2.01. The molecule has 0 bridgehead atoms. The van der Waals surface area contributed by atoms with Crippen molar-refractivity contribution in [1.29, 1.82) is 0 Å². The van der Waals surface area contributed by atoms with E-state index in [1.54, 1.807) is 13.2 Å². The van der Waals surface area contributed by atoms with E-state index < -0.39 is 0 Å². The zero-order valence-corrected chi connectivity index (χ0v) is 6.92. The van der Waals surface area contributed by atoms with E-state index in [9.17, 15) is 0 Å². The summed E-state index contributed by atoms with van der Waals surface area (Å²) in [4.78, 5) is 15.4. The van der Waals surface area contributed by atoms with Crippen LogP contribution < -0.4 is 5.32 Å². The summed E-state index contributed by atoms with van der Waals surface area (Å²) in [5.74, 6) is 1.45. The third-order valence-electron chi connectivity index (χ3n) is 1.60. The van der Waals surface area contributed by atoms with Crippen molar-refractivity contribution in [3.63, 3.8) is 0 Å². The molecule has 0 saturated carbocycles. The fourth-order valence-corrected chi connectivity index (χ4v) is 1.01. The number of nitrogens with one attached hydrogen (secondary N) is 2. The maximum atomic E-state index is 4.17. The van der Waals surface area contributed by atoms with Crippen molar-refractivity contribution >= 4 is 17.1 Å². The molecule has 2 rings (SSSR count). The third kappa shape index (κ3) is 0.990. The molecule has 0 unspecified atom stereocenters.